The quantitative estimate of drug-likeness (QED) is 0.722. The molecule has 0 aromatic heterocycles. The summed E-state index contributed by atoms with van der Waals surface area (Å²) in [6, 6.07) is 0. The van der Waals surface area contributed by atoms with Gasteiger partial charge >= 0.3 is 0 Å². The highest BCUT2D eigenvalue weighted by Gasteiger charge is 2.40. The van der Waals surface area contributed by atoms with Gasteiger partial charge in [0.2, 0.25) is 0 Å². The molecule has 2 fully saturated rings. The fraction of sp³-hybridized carbons (Fsp3) is 1.00. The molecule has 0 amide bonds. The number of morpholine rings is 1. The Labute approximate surface area is 91.7 Å². The molecular formula is C11H22N2O2. The molecule has 0 aliphatic carbocycles. The Hall–Kier alpha value is -0.160. The van der Waals surface area contributed by atoms with Gasteiger partial charge in [0, 0.05) is 37.7 Å². The van der Waals surface area contributed by atoms with Gasteiger partial charge in [0.25, 0.3) is 0 Å². The van der Waals surface area contributed by atoms with Gasteiger partial charge in [0.1, 0.15) is 0 Å². The lowest BCUT2D eigenvalue weighted by molar-refractivity contribution is -0.0369. The average molecular weight is 214 g/mol. The summed E-state index contributed by atoms with van der Waals surface area (Å²) in [5.41, 5.74) is 6.08. The van der Waals surface area contributed by atoms with E-state index in [0.717, 1.165) is 45.9 Å². The van der Waals surface area contributed by atoms with E-state index >= 15 is 0 Å². The lowest BCUT2D eigenvalue weighted by atomic mass is 9.83. The van der Waals surface area contributed by atoms with E-state index in [0.29, 0.717) is 12.5 Å². The molecule has 4 heteroatoms. The van der Waals surface area contributed by atoms with Crippen LogP contribution in [0.3, 0.4) is 0 Å². The van der Waals surface area contributed by atoms with Crippen molar-refractivity contribution >= 4 is 0 Å². The average Bonchev–Trinajstić information content (AvgIpc) is 2.83. The normalized spacial score (nSPS) is 32.8. The highest BCUT2D eigenvalue weighted by molar-refractivity contribution is 4.95. The Balaban J connectivity index is 2.04. The molecule has 2 aliphatic heterocycles. The fourth-order valence-electron chi connectivity index (χ4n) is 2.65. The van der Waals surface area contributed by atoms with Crippen LogP contribution in [0, 0.1) is 5.92 Å². The number of hydrogen-bond donors (Lipinski definition) is 1. The molecule has 0 spiro atoms. The molecular weight excluding hydrogens is 192 g/mol. The van der Waals surface area contributed by atoms with Gasteiger partial charge in [-0.15, -0.1) is 0 Å². The van der Waals surface area contributed by atoms with Crippen LogP contribution < -0.4 is 5.73 Å². The van der Waals surface area contributed by atoms with Crippen molar-refractivity contribution in [2.45, 2.75) is 18.9 Å². The second-order valence-electron chi connectivity index (χ2n) is 4.72. The van der Waals surface area contributed by atoms with Gasteiger partial charge < -0.3 is 15.2 Å². The molecule has 88 valence electrons. The summed E-state index contributed by atoms with van der Waals surface area (Å²) in [5.74, 6) is 0.584. The van der Waals surface area contributed by atoms with Gasteiger partial charge in [-0.05, 0) is 13.3 Å². The zero-order valence-corrected chi connectivity index (χ0v) is 9.58. The van der Waals surface area contributed by atoms with E-state index in [1.54, 1.807) is 0 Å². The van der Waals surface area contributed by atoms with Crippen LogP contribution >= 0.6 is 0 Å². The lowest BCUT2D eigenvalue weighted by Crippen LogP contribution is -2.59. The van der Waals surface area contributed by atoms with E-state index in [1.165, 1.54) is 0 Å². The minimum absolute atomic E-state index is 0.0975. The van der Waals surface area contributed by atoms with E-state index in [1.807, 2.05) is 0 Å². The van der Waals surface area contributed by atoms with Gasteiger partial charge in [-0.1, -0.05) is 0 Å². The first-order valence-corrected chi connectivity index (χ1v) is 5.88. The van der Waals surface area contributed by atoms with Crippen molar-refractivity contribution in [2.24, 2.45) is 11.7 Å². The van der Waals surface area contributed by atoms with Crippen molar-refractivity contribution in [3.05, 3.63) is 0 Å². The maximum absolute atomic E-state index is 5.98. The third-order valence-corrected chi connectivity index (χ3v) is 3.96. The summed E-state index contributed by atoms with van der Waals surface area (Å²) >= 11 is 0. The smallest absolute Gasteiger partial charge is 0.0594 e. The third kappa shape index (κ3) is 2.18. The molecule has 15 heavy (non-hydrogen) atoms. The molecule has 0 bridgehead atoms. The molecule has 2 aliphatic rings. The van der Waals surface area contributed by atoms with Gasteiger partial charge in [0.15, 0.2) is 0 Å². The largest absolute Gasteiger partial charge is 0.381 e. The van der Waals surface area contributed by atoms with Crippen LogP contribution in [0.4, 0.5) is 0 Å². The molecule has 0 saturated carbocycles. The van der Waals surface area contributed by atoms with Crippen molar-refractivity contribution in [1.29, 1.82) is 0 Å². The van der Waals surface area contributed by atoms with E-state index in [9.17, 15) is 0 Å². The van der Waals surface area contributed by atoms with Gasteiger partial charge in [-0.3, -0.25) is 4.90 Å². The SMILES string of the molecule is CC(CN)(C1CCOC1)N1CCOCC1. The first kappa shape index (κ1) is 11.3. The third-order valence-electron chi connectivity index (χ3n) is 3.96. The van der Waals surface area contributed by atoms with Crippen molar-refractivity contribution in [3.63, 3.8) is 0 Å². The van der Waals surface area contributed by atoms with Crippen LogP contribution in [0.1, 0.15) is 13.3 Å². The van der Waals surface area contributed by atoms with Crippen LogP contribution in [-0.4, -0.2) is 56.5 Å². The van der Waals surface area contributed by atoms with Crippen LogP contribution in [0.25, 0.3) is 0 Å². The second kappa shape index (κ2) is 4.78. The van der Waals surface area contributed by atoms with Crippen LogP contribution in [0.5, 0.6) is 0 Å². The first-order valence-electron chi connectivity index (χ1n) is 5.88. The summed E-state index contributed by atoms with van der Waals surface area (Å²) in [6.07, 6.45) is 1.14. The molecule has 2 heterocycles. The number of nitrogens with zero attached hydrogens (tertiary/aromatic N) is 1. The molecule has 0 aromatic carbocycles. The minimum atomic E-state index is 0.0975. The van der Waals surface area contributed by atoms with Crippen molar-refractivity contribution in [2.75, 3.05) is 46.1 Å². The lowest BCUT2D eigenvalue weighted by Gasteiger charge is -2.46. The molecule has 0 radical (unpaired) electrons. The maximum atomic E-state index is 5.98. The van der Waals surface area contributed by atoms with E-state index in [2.05, 4.69) is 11.8 Å². The van der Waals surface area contributed by atoms with Gasteiger partial charge in [-0.2, -0.15) is 0 Å². The maximum Gasteiger partial charge on any atom is 0.0594 e. The van der Waals surface area contributed by atoms with E-state index in [4.69, 9.17) is 15.2 Å². The second-order valence-corrected chi connectivity index (χ2v) is 4.72. The Morgan fingerprint density at radius 1 is 1.27 bits per heavy atom. The number of ether oxygens (including phenoxy) is 2. The molecule has 2 atom stereocenters. The molecule has 2 unspecified atom stereocenters. The Morgan fingerprint density at radius 2 is 2.00 bits per heavy atom. The van der Waals surface area contributed by atoms with Crippen LogP contribution in [0.15, 0.2) is 0 Å². The summed E-state index contributed by atoms with van der Waals surface area (Å²) in [5, 5.41) is 0. The minimum Gasteiger partial charge on any atom is -0.381 e. The van der Waals surface area contributed by atoms with E-state index < -0.39 is 0 Å². The molecule has 2 saturated heterocycles. The van der Waals surface area contributed by atoms with Crippen LogP contribution in [0.2, 0.25) is 0 Å². The van der Waals surface area contributed by atoms with Crippen molar-refractivity contribution in [3.8, 4) is 0 Å². The van der Waals surface area contributed by atoms with Crippen molar-refractivity contribution in [1.82, 2.24) is 4.90 Å². The number of rotatable bonds is 3. The summed E-state index contributed by atoms with van der Waals surface area (Å²) in [6.45, 7) is 8.43. The highest BCUT2D eigenvalue weighted by Crippen LogP contribution is 2.31. The summed E-state index contributed by atoms with van der Waals surface area (Å²) in [4.78, 5) is 2.48. The predicted molar refractivity (Wildman–Crippen MR) is 58.8 cm³/mol. The Bertz CT molecular complexity index is 201. The Morgan fingerprint density at radius 3 is 2.53 bits per heavy atom. The summed E-state index contributed by atoms with van der Waals surface area (Å²) < 4.78 is 10.9. The van der Waals surface area contributed by atoms with Gasteiger partial charge in [-0.25, -0.2) is 0 Å². The first-order chi connectivity index (χ1) is 7.27. The molecule has 4 nitrogen and oxygen atoms in total. The highest BCUT2D eigenvalue weighted by atomic mass is 16.5. The number of nitrogens with two attached hydrogens (primary N) is 1. The zero-order valence-electron chi connectivity index (χ0n) is 9.58. The fourth-order valence-corrected chi connectivity index (χ4v) is 2.65. The zero-order chi connectivity index (χ0) is 10.7. The standard InChI is InChI=1S/C11H22N2O2/c1-11(9-12,10-2-5-15-8-10)13-3-6-14-7-4-13/h10H,2-9,12H2,1H3. The predicted octanol–water partition coefficient (Wildman–Crippen LogP) is 0.0725. The monoisotopic (exact) mass is 214 g/mol. The van der Waals surface area contributed by atoms with E-state index in [-0.39, 0.29) is 5.54 Å². The van der Waals surface area contributed by atoms with Gasteiger partial charge in [0.05, 0.1) is 19.8 Å². The molecule has 2 N–H and O–H groups in total. The Kier molecular flexibility index (Phi) is 3.61. The summed E-state index contributed by atoms with van der Waals surface area (Å²) in [7, 11) is 0. The number of hydrogen-bond acceptors (Lipinski definition) is 4. The molecule has 0 aromatic rings. The van der Waals surface area contributed by atoms with Crippen LogP contribution in [-0.2, 0) is 9.47 Å². The molecule has 2 rings (SSSR count). The topological polar surface area (TPSA) is 47.7 Å². The van der Waals surface area contributed by atoms with Crippen molar-refractivity contribution < 1.29 is 9.47 Å².